The molecule has 0 saturated carbocycles. The molecule has 0 bridgehead atoms. The number of rotatable bonds is 4. The molecule has 1 aromatic heterocycles. The summed E-state index contributed by atoms with van der Waals surface area (Å²) in [6, 6.07) is 57.4. The maximum absolute atomic E-state index is 6.43. The number of furan rings is 1. The Kier molecular flexibility index (Phi) is 6.44. The molecule has 1 nitrogen and oxygen atoms in total. The Morgan fingerprint density at radius 2 is 1.24 bits per heavy atom. The van der Waals surface area contributed by atoms with Crippen molar-refractivity contribution in [3.63, 3.8) is 0 Å². The summed E-state index contributed by atoms with van der Waals surface area (Å²) < 4.78 is 6.43. The molecule has 1 atom stereocenters. The lowest BCUT2D eigenvalue weighted by Gasteiger charge is -2.41. The Bertz CT molecular complexity index is 2850. The van der Waals surface area contributed by atoms with Crippen molar-refractivity contribution in [3.05, 3.63) is 203 Å². The van der Waals surface area contributed by atoms with Crippen LogP contribution in [0.5, 0.6) is 0 Å². The summed E-state index contributed by atoms with van der Waals surface area (Å²) in [4.78, 5) is 0. The lowest BCUT2D eigenvalue weighted by Crippen LogP contribution is -2.42. The molecule has 0 radical (unpaired) electrons. The fraction of sp³-hybridized carbons (Fsp3) is 0.0612. The van der Waals surface area contributed by atoms with Crippen molar-refractivity contribution in [2.75, 3.05) is 0 Å². The van der Waals surface area contributed by atoms with Gasteiger partial charge in [0, 0.05) is 16.2 Å². The van der Waals surface area contributed by atoms with E-state index in [2.05, 4.69) is 177 Å². The zero-order valence-electron chi connectivity index (χ0n) is 27.9. The van der Waals surface area contributed by atoms with E-state index in [0.717, 1.165) is 28.4 Å². The van der Waals surface area contributed by atoms with E-state index in [0.29, 0.717) is 0 Å². The quantitative estimate of drug-likeness (QED) is 0.187. The van der Waals surface area contributed by atoms with Gasteiger partial charge in [0.15, 0.2) is 0 Å². The third-order valence-corrected chi connectivity index (χ3v) is 10.9. The predicted molar refractivity (Wildman–Crippen MR) is 209 cm³/mol. The van der Waals surface area contributed by atoms with E-state index in [-0.39, 0.29) is 5.41 Å². The van der Waals surface area contributed by atoms with Crippen LogP contribution < -0.4 is 10.4 Å². The van der Waals surface area contributed by atoms with Gasteiger partial charge in [0.25, 0.3) is 0 Å². The molecule has 0 amide bonds. The van der Waals surface area contributed by atoms with E-state index < -0.39 is 0 Å². The van der Waals surface area contributed by atoms with Crippen molar-refractivity contribution in [2.45, 2.75) is 13.3 Å². The molecule has 1 heterocycles. The van der Waals surface area contributed by atoms with E-state index >= 15 is 0 Å². The molecule has 0 fully saturated rings. The van der Waals surface area contributed by atoms with Crippen LogP contribution in [0.2, 0.25) is 0 Å². The number of benzene rings is 7. The Hall–Kier alpha value is -6.18. The summed E-state index contributed by atoms with van der Waals surface area (Å²) >= 11 is 0. The summed E-state index contributed by atoms with van der Waals surface area (Å²) in [6.07, 6.45) is 7.87. The maximum Gasteiger partial charge on any atom is 0.136 e. The average molecular weight is 639 g/mol. The van der Waals surface area contributed by atoms with Gasteiger partial charge in [-0.15, -0.1) is 0 Å². The number of fused-ring (bicyclic) bond motifs is 6. The maximum atomic E-state index is 6.43. The van der Waals surface area contributed by atoms with Crippen molar-refractivity contribution < 1.29 is 4.42 Å². The second kappa shape index (κ2) is 11.2. The zero-order valence-corrected chi connectivity index (χ0v) is 27.9. The molecule has 7 aromatic carbocycles. The number of para-hydroxylation sites is 1. The van der Waals surface area contributed by atoms with Crippen molar-refractivity contribution in [1.29, 1.82) is 0 Å². The third-order valence-electron chi connectivity index (χ3n) is 10.9. The molecule has 0 saturated heterocycles. The SMILES string of the molecule is CC12CC=CC=C1C(c1ccc3ccccc3c1-c1cccc(-c3ccccc3)c1)=c1ccccc1=C2c1ccc2c(c1)oc1ccccc12. The van der Waals surface area contributed by atoms with Gasteiger partial charge in [-0.3, -0.25) is 0 Å². The molecule has 0 aliphatic heterocycles. The monoisotopic (exact) mass is 638 g/mol. The number of hydrogen-bond donors (Lipinski definition) is 0. The Balaban J connectivity index is 1.30. The molecule has 1 unspecified atom stereocenters. The minimum Gasteiger partial charge on any atom is -0.456 e. The summed E-state index contributed by atoms with van der Waals surface area (Å²) in [5.74, 6) is 0. The van der Waals surface area contributed by atoms with Crippen molar-refractivity contribution in [3.8, 4) is 22.3 Å². The van der Waals surface area contributed by atoms with Crippen LogP contribution in [-0.2, 0) is 0 Å². The van der Waals surface area contributed by atoms with Crippen LogP contribution in [0.4, 0.5) is 0 Å². The highest BCUT2D eigenvalue weighted by molar-refractivity contribution is 6.07. The van der Waals surface area contributed by atoms with Crippen LogP contribution in [0, 0.1) is 5.41 Å². The molecule has 50 heavy (non-hydrogen) atoms. The molecular weight excluding hydrogens is 605 g/mol. The Labute approximate surface area is 291 Å². The summed E-state index contributed by atoms with van der Waals surface area (Å²) in [6.45, 7) is 2.44. The highest BCUT2D eigenvalue weighted by Crippen LogP contribution is 2.52. The molecular formula is C49H34O. The van der Waals surface area contributed by atoms with E-state index in [1.807, 2.05) is 6.07 Å². The van der Waals surface area contributed by atoms with Gasteiger partial charge in [0.2, 0.25) is 0 Å². The first-order valence-electron chi connectivity index (χ1n) is 17.5. The second-order valence-electron chi connectivity index (χ2n) is 13.8. The van der Waals surface area contributed by atoms with Crippen LogP contribution in [0.25, 0.3) is 66.1 Å². The first-order chi connectivity index (χ1) is 24.7. The first kappa shape index (κ1) is 28.8. The Morgan fingerprint density at radius 3 is 2.14 bits per heavy atom. The highest BCUT2D eigenvalue weighted by Gasteiger charge is 2.40. The predicted octanol–water partition coefficient (Wildman–Crippen LogP) is 11.4. The highest BCUT2D eigenvalue weighted by atomic mass is 16.3. The zero-order chi connectivity index (χ0) is 33.2. The standard InChI is InChI=1S/C49H34O/c1-49-29-12-11-23-43(49)47(40-21-7-8-22-41(40)48(49)36-26-27-39-38-20-9-10-24-44(38)50-45(39)31-36)42-28-25-33-16-5-6-19-37(33)46(42)35-18-13-17-34(30-35)32-14-3-2-4-15-32/h2-28,30-31H,29H2,1H3. The number of hydrogen-bond acceptors (Lipinski definition) is 1. The van der Waals surface area contributed by atoms with Crippen LogP contribution in [-0.4, -0.2) is 0 Å². The minimum atomic E-state index is -0.257. The van der Waals surface area contributed by atoms with E-state index in [1.54, 1.807) is 0 Å². The minimum absolute atomic E-state index is 0.257. The van der Waals surface area contributed by atoms with Crippen LogP contribution in [0.3, 0.4) is 0 Å². The van der Waals surface area contributed by atoms with Crippen LogP contribution in [0.1, 0.15) is 24.5 Å². The molecule has 1 heteroatoms. The molecule has 8 aromatic rings. The molecule has 10 rings (SSSR count). The van der Waals surface area contributed by atoms with Crippen molar-refractivity contribution in [2.24, 2.45) is 5.41 Å². The van der Waals surface area contributed by atoms with Gasteiger partial charge in [-0.1, -0.05) is 159 Å². The van der Waals surface area contributed by atoms with Gasteiger partial charge in [0.05, 0.1) is 0 Å². The fourth-order valence-electron chi connectivity index (χ4n) is 8.64. The largest absolute Gasteiger partial charge is 0.456 e. The van der Waals surface area contributed by atoms with E-state index in [4.69, 9.17) is 4.42 Å². The van der Waals surface area contributed by atoms with Crippen molar-refractivity contribution in [1.82, 2.24) is 0 Å². The smallest absolute Gasteiger partial charge is 0.136 e. The van der Waals surface area contributed by atoms with E-state index in [9.17, 15) is 0 Å². The van der Waals surface area contributed by atoms with Gasteiger partial charge in [-0.2, -0.15) is 0 Å². The van der Waals surface area contributed by atoms with E-state index in [1.165, 1.54) is 71.3 Å². The van der Waals surface area contributed by atoms with Gasteiger partial charge < -0.3 is 4.42 Å². The van der Waals surface area contributed by atoms with Crippen LogP contribution >= 0.6 is 0 Å². The Morgan fingerprint density at radius 1 is 0.520 bits per heavy atom. The van der Waals surface area contributed by atoms with Crippen molar-refractivity contribution >= 4 is 43.9 Å². The summed E-state index contributed by atoms with van der Waals surface area (Å²) in [7, 11) is 0. The molecule has 236 valence electrons. The topological polar surface area (TPSA) is 13.1 Å². The molecule has 2 aliphatic rings. The summed E-state index contributed by atoms with van der Waals surface area (Å²) in [5, 5.41) is 7.37. The van der Waals surface area contributed by atoms with Gasteiger partial charge in [-0.25, -0.2) is 0 Å². The molecule has 2 aliphatic carbocycles. The third kappa shape index (κ3) is 4.33. The van der Waals surface area contributed by atoms with Gasteiger partial charge in [-0.05, 0) is 102 Å². The first-order valence-corrected chi connectivity index (χ1v) is 17.5. The summed E-state index contributed by atoms with van der Waals surface area (Å²) in [5.41, 5.74) is 13.0. The second-order valence-corrected chi connectivity index (χ2v) is 13.8. The average Bonchev–Trinajstić information content (AvgIpc) is 3.54. The normalized spacial score (nSPS) is 16.9. The number of allylic oxidation sites excluding steroid dienone is 4. The lowest BCUT2D eigenvalue weighted by atomic mass is 9.62. The molecule has 0 N–H and O–H groups in total. The lowest BCUT2D eigenvalue weighted by molar-refractivity contribution is 0.547. The fourth-order valence-corrected chi connectivity index (χ4v) is 8.64. The molecule has 0 spiro atoms. The van der Waals surface area contributed by atoms with Crippen LogP contribution in [0.15, 0.2) is 186 Å². The van der Waals surface area contributed by atoms with Gasteiger partial charge in [0.1, 0.15) is 11.2 Å². The van der Waals surface area contributed by atoms with Gasteiger partial charge >= 0.3 is 0 Å².